The molecule has 0 bridgehead atoms. The van der Waals surface area contributed by atoms with Gasteiger partial charge < -0.3 is 15.7 Å². The van der Waals surface area contributed by atoms with E-state index >= 15 is 0 Å². The van der Waals surface area contributed by atoms with Gasteiger partial charge in [-0.05, 0) is 32.0 Å². The van der Waals surface area contributed by atoms with E-state index in [9.17, 15) is 22.7 Å². The predicted octanol–water partition coefficient (Wildman–Crippen LogP) is 2.07. The number of nitrogens with zero attached hydrogens (tertiary/aromatic N) is 1. The first-order chi connectivity index (χ1) is 11.7. The summed E-state index contributed by atoms with van der Waals surface area (Å²) in [4.78, 5) is 15.1. The van der Waals surface area contributed by atoms with Crippen LogP contribution in [0.15, 0.2) is 41.6 Å². The van der Waals surface area contributed by atoms with Crippen molar-refractivity contribution in [2.24, 2.45) is 0 Å². The highest BCUT2D eigenvalue weighted by Crippen LogP contribution is 2.27. The molecule has 0 aliphatic heterocycles. The summed E-state index contributed by atoms with van der Waals surface area (Å²) in [6.45, 7) is 3.35. The summed E-state index contributed by atoms with van der Waals surface area (Å²) >= 11 is 0. The number of pyridine rings is 1. The lowest BCUT2D eigenvalue weighted by molar-refractivity contribution is 0.243. The molecule has 10 heteroatoms. The lowest BCUT2D eigenvalue weighted by Gasteiger charge is -2.14. The molecule has 2 rings (SSSR count). The molecule has 8 nitrogen and oxygen atoms in total. The van der Waals surface area contributed by atoms with E-state index in [0.29, 0.717) is 0 Å². The Morgan fingerprint density at radius 3 is 2.60 bits per heavy atom. The number of phenols is 1. The number of sulfonamides is 1. The fourth-order valence-electron chi connectivity index (χ4n) is 1.92. The second-order valence-corrected chi connectivity index (χ2v) is 7.05. The van der Waals surface area contributed by atoms with E-state index in [1.807, 2.05) is 4.72 Å². The van der Waals surface area contributed by atoms with E-state index in [0.717, 1.165) is 12.3 Å². The van der Waals surface area contributed by atoms with Gasteiger partial charge in [0.1, 0.15) is 16.5 Å². The van der Waals surface area contributed by atoms with Crippen molar-refractivity contribution < 1.29 is 22.7 Å². The summed E-state index contributed by atoms with van der Waals surface area (Å²) in [5, 5.41) is 14.2. The summed E-state index contributed by atoms with van der Waals surface area (Å²) in [5.41, 5.74) is -0.0310. The molecule has 0 radical (unpaired) electrons. The number of hydrogen-bond acceptors (Lipinski definition) is 6. The average Bonchev–Trinajstić information content (AvgIpc) is 2.49. The highest BCUT2D eigenvalue weighted by Gasteiger charge is 2.22. The number of aromatic hydroxyl groups is 1. The summed E-state index contributed by atoms with van der Waals surface area (Å²) in [6, 6.07) is 3.55. The van der Waals surface area contributed by atoms with Crippen LogP contribution in [-0.4, -0.2) is 30.6 Å². The summed E-state index contributed by atoms with van der Waals surface area (Å²) in [5.74, 6) is -1.04. The maximum Gasteiger partial charge on any atom is 0.328 e. The Bertz CT molecular complexity index is 887. The number of benzene rings is 1. The molecule has 0 saturated heterocycles. The van der Waals surface area contributed by atoms with Crippen LogP contribution in [0.2, 0.25) is 0 Å². The fraction of sp³-hybridized carbons (Fsp3) is 0.200. The van der Waals surface area contributed by atoms with E-state index in [4.69, 9.17) is 0 Å². The molecule has 0 saturated carbocycles. The van der Waals surface area contributed by atoms with Crippen LogP contribution in [0.5, 0.6) is 5.75 Å². The van der Waals surface area contributed by atoms with Crippen LogP contribution in [0, 0.1) is 5.82 Å². The molecule has 0 aliphatic rings. The number of carbonyl (C=O) groups excluding carboxylic acids is 1. The van der Waals surface area contributed by atoms with Crippen LogP contribution in [0.1, 0.15) is 13.8 Å². The molecule has 134 valence electrons. The zero-order valence-electron chi connectivity index (χ0n) is 13.4. The van der Waals surface area contributed by atoms with Crippen molar-refractivity contribution in [3.63, 3.8) is 0 Å². The Labute approximate surface area is 144 Å². The standard InChI is InChI=1S/C15H17FN4O4S/c1-9(2)18-15(22)20-25(23,24)14-8-17-6-5-13(14)19-12-4-3-10(21)7-11(12)16/h3-9,21H,1-2H3,(H,17,19)(H2,18,20,22). The van der Waals surface area contributed by atoms with Crippen LogP contribution in [0.4, 0.5) is 20.6 Å². The van der Waals surface area contributed by atoms with Gasteiger partial charge in [0, 0.05) is 24.5 Å². The number of halogens is 1. The Kier molecular flexibility index (Phi) is 5.42. The molecule has 1 heterocycles. The molecule has 0 atom stereocenters. The second-order valence-electron chi connectivity index (χ2n) is 5.39. The van der Waals surface area contributed by atoms with Gasteiger partial charge >= 0.3 is 6.03 Å². The van der Waals surface area contributed by atoms with Crippen molar-refractivity contribution in [3.05, 3.63) is 42.5 Å². The van der Waals surface area contributed by atoms with Gasteiger partial charge in [-0.15, -0.1) is 0 Å². The van der Waals surface area contributed by atoms with Crippen molar-refractivity contribution in [2.75, 3.05) is 5.32 Å². The minimum Gasteiger partial charge on any atom is -0.508 e. The van der Waals surface area contributed by atoms with E-state index in [2.05, 4.69) is 15.6 Å². The van der Waals surface area contributed by atoms with Crippen LogP contribution in [0.3, 0.4) is 0 Å². The number of anilines is 2. The zero-order chi connectivity index (χ0) is 18.6. The van der Waals surface area contributed by atoms with Crippen LogP contribution >= 0.6 is 0 Å². The van der Waals surface area contributed by atoms with Gasteiger partial charge in [0.2, 0.25) is 0 Å². The third-order valence-electron chi connectivity index (χ3n) is 2.94. The first-order valence-electron chi connectivity index (χ1n) is 7.22. The van der Waals surface area contributed by atoms with Crippen LogP contribution in [0.25, 0.3) is 0 Å². The van der Waals surface area contributed by atoms with Gasteiger partial charge in [0.25, 0.3) is 10.0 Å². The molecule has 1 aromatic heterocycles. The molecule has 4 N–H and O–H groups in total. The SMILES string of the molecule is CC(C)NC(=O)NS(=O)(=O)c1cnccc1Nc1ccc(O)cc1F. The number of urea groups is 1. The molecular formula is C15H17FN4O4S. The van der Waals surface area contributed by atoms with E-state index in [1.54, 1.807) is 13.8 Å². The number of nitrogens with one attached hydrogen (secondary N) is 3. The molecule has 0 unspecified atom stereocenters. The Morgan fingerprint density at radius 1 is 1.24 bits per heavy atom. The fourth-order valence-corrected chi connectivity index (χ4v) is 2.94. The zero-order valence-corrected chi connectivity index (χ0v) is 14.3. The van der Waals surface area contributed by atoms with E-state index in [1.165, 1.54) is 24.4 Å². The highest BCUT2D eigenvalue weighted by atomic mass is 32.2. The average molecular weight is 368 g/mol. The summed E-state index contributed by atoms with van der Waals surface area (Å²) < 4.78 is 40.5. The third-order valence-corrected chi connectivity index (χ3v) is 4.30. The van der Waals surface area contributed by atoms with Gasteiger partial charge in [-0.25, -0.2) is 22.3 Å². The molecule has 0 aliphatic carbocycles. The molecular weight excluding hydrogens is 351 g/mol. The van der Waals surface area contributed by atoms with Crippen molar-refractivity contribution >= 4 is 27.4 Å². The maximum atomic E-state index is 13.9. The smallest absolute Gasteiger partial charge is 0.328 e. The Morgan fingerprint density at radius 2 is 1.96 bits per heavy atom. The first kappa shape index (κ1) is 18.5. The molecule has 25 heavy (non-hydrogen) atoms. The summed E-state index contributed by atoms with van der Waals surface area (Å²) in [6.07, 6.45) is 2.35. The van der Waals surface area contributed by atoms with Gasteiger partial charge in [-0.3, -0.25) is 4.98 Å². The maximum absolute atomic E-state index is 13.9. The lowest BCUT2D eigenvalue weighted by Crippen LogP contribution is -2.42. The van der Waals surface area contributed by atoms with Crippen LogP contribution < -0.4 is 15.4 Å². The first-order valence-corrected chi connectivity index (χ1v) is 8.70. The van der Waals surface area contributed by atoms with Gasteiger partial charge in [-0.1, -0.05) is 0 Å². The summed E-state index contributed by atoms with van der Waals surface area (Å²) in [7, 11) is -4.24. The van der Waals surface area contributed by atoms with Crippen molar-refractivity contribution in [3.8, 4) is 5.75 Å². The van der Waals surface area contributed by atoms with Gasteiger partial charge in [-0.2, -0.15) is 0 Å². The molecule has 0 fully saturated rings. The van der Waals surface area contributed by atoms with Crippen molar-refractivity contribution in [1.82, 2.24) is 15.0 Å². The van der Waals surface area contributed by atoms with Gasteiger partial charge in [0.05, 0.1) is 11.4 Å². The highest BCUT2D eigenvalue weighted by molar-refractivity contribution is 7.90. The van der Waals surface area contributed by atoms with Crippen LogP contribution in [-0.2, 0) is 10.0 Å². The lowest BCUT2D eigenvalue weighted by atomic mass is 10.2. The van der Waals surface area contributed by atoms with Crippen molar-refractivity contribution in [1.29, 1.82) is 0 Å². The third kappa shape index (κ3) is 4.80. The van der Waals surface area contributed by atoms with Crippen molar-refractivity contribution in [2.45, 2.75) is 24.8 Å². The largest absolute Gasteiger partial charge is 0.508 e. The normalized spacial score (nSPS) is 11.2. The minimum atomic E-state index is -4.24. The number of amides is 2. The molecule has 2 amide bonds. The topological polar surface area (TPSA) is 120 Å². The number of phenolic OH excluding ortho intramolecular Hbond substituents is 1. The minimum absolute atomic E-state index is 0.0180. The monoisotopic (exact) mass is 368 g/mol. The molecule has 2 aromatic rings. The number of aromatic nitrogens is 1. The molecule has 1 aromatic carbocycles. The number of hydrogen-bond donors (Lipinski definition) is 4. The quantitative estimate of drug-likeness (QED) is 0.600. The number of rotatable bonds is 5. The number of carbonyl (C=O) groups is 1. The predicted molar refractivity (Wildman–Crippen MR) is 89.6 cm³/mol. The van der Waals surface area contributed by atoms with Gasteiger partial charge in [0.15, 0.2) is 0 Å². The van der Waals surface area contributed by atoms with E-state index < -0.39 is 21.9 Å². The molecule has 0 spiro atoms. The Hall–Kier alpha value is -2.88. The second kappa shape index (κ2) is 7.34. The van der Waals surface area contributed by atoms with E-state index in [-0.39, 0.29) is 28.1 Å². The Balaban J connectivity index is 2.32.